The van der Waals surface area contributed by atoms with Crippen LogP contribution in [0.4, 0.5) is 11.4 Å². The third kappa shape index (κ3) is 4.37. The number of methoxy groups -OCH3 is 1. The molecule has 2 rings (SSSR count). The van der Waals surface area contributed by atoms with Gasteiger partial charge in [-0.25, -0.2) is 0 Å². The zero-order chi connectivity index (χ0) is 15.1. The van der Waals surface area contributed by atoms with Gasteiger partial charge in [0.15, 0.2) is 0 Å². The lowest BCUT2D eigenvalue weighted by molar-refractivity contribution is -0.119. The average molecular weight is 285 g/mol. The van der Waals surface area contributed by atoms with Crippen LogP contribution in [0.5, 0.6) is 0 Å². The number of nitrogens with zero attached hydrogens (tertiary/aromatic N) is 1. The van der Waals surface area contributed by atoms with Crippen molar-refractivity contribution in [3.05, 3.63) is 47.9 Å². The molecule has 0 fully saturated rings. The van der Waals surface area contributed by atoms with E-state index in [1.54, 1.807) is 24.3 Å². The van der Waals surface area contributed by atoms with Crippen LogP contribution in [-0.4, -0.2) is 19.6 Å². The lowest BCUT2D eigenvalue weighted by Gasteiger charge is -2.07. The minimum Gasteiger partial charge on any atom is -0.449 e. The first kappa shape index (κ1) is 14.6. The van der Waals surface area contributed by atoms with E-state index in [1.807, 2.05) is 18.2 Å². The van der Waals surface area contributed by atoms with Crippen molar-refractivity contribution in [2.24, 2.45) is 0 Å². The van der Waals surface area contributed by atoms with Gasteiger partial charge in [0.25, 0.3) is 0 Å². The van der Waals surface area contributed by atoms with Crippen molar-refractivity contribution in [1.82, 2.24) is 0 Å². The van der Waals surface area contributed by atoms with E-state index < -0.39 is 0 Å². The zero-order valence-corrected chi connectivity index (χ0v) is 11.6. The van der Waals surface area contributed by atoms with Crippen LogP contribution in [0.15, 0.2) is 40.8 Å². The summed E-state index contributed by atoms with van der Waals surface area (Å²) in [6, 6.07) is 12.6. The molecule has 6 heteroatoms. The highest BCUT2D eigenvalue weighted by Crippen LogP contribution is 2.15. The highest BCUT2D eigenvalue weighted by molar-refractivity contribution is 5.91. The van der Waals surface area contributed by atoms with Gasteiger partial charge >= 0.3 is 0 Å². The molecular formula is C15H15N3O3. The average Bonchev–Trinajstić information content (AvgIpc) is 2.95. The van der Waals surface area contributed by atoms with Crippen molar-refractivity contribution in [2.45, 2.75) is 6.54 Å². The van der Waals surface area contributed by atoms with Gasteiger partial charge in [0.2, 0.25) is 11.7 Å². The summed E-state index contributed by atoms with van der Waals surface area (Å²) in [4.78, 5) is 11.3. The van der Waals surface area contributed by atoms with Gasteiger partial charge in [-0.3, -0.25) is 4.79 Å². The SMILES string of the molecule is COCC(=O)Nc1ccc(NCc2ccc(C#N)o2)cc1. The van der Waals surface area contributed by atoms with Crippen LogP contribution in [0.2, 0.25) is 0 Å². The van der Waals surface area contributed by atoms with E-state index in [-0.39, 0.29) is 12.5 Å². The maximum atomic E-state index is 11.3. The van der Waals surface area contributed by atoms with Crippen LogP contribution >= 0.6 is 0 Å². The molecule has 2 aromatic rings. The molecule has 0 saturated heterocycles. The fourth-order valence-corrected chi connectivity index (χ4v) is 1.72. The minimum atomic E-state index is -0.196. The second-order valence-electron chi connectivity index (χ2n) is 4.29. The van der Waals surface area contributed by atoms with Crippen molar-refractivity contribution in [3.63, 3.8) is 0 Å². The summed E-state index contributed by atoms with van der Waals surface area (Å²) in [5.74, 6) is 0.782. The highest BCUT2D eigenvalue weighted by atomic mass is 16.5. The summed E-state index contributed by atoms with van der Waals surface area (Å²) in [7, 11) is 1.47. The van der Waals surface area contributed by atoms with E-state index in [2.05, 4.69) is 10.6 Å². The first-order chi connectivity index (χ1) is 10.2. The third-order valence-corrected chi connectivity index (χ3v) is 2.68. The van der Waals surface area contributed by atoms with E-state index in [0.29, 0.717) is 23.8 Å². The molecule has 0 radical (unpaired) electrons. The molecule has 0 aliphatic heterocycles. The maximum Gasteiger partial charge on any atom is 0.250 e. The molecule has 2 N–H and O–H groups in total. The number of carbonyl (C=O) groups excluding carboxylic acids is 1. The summed E-state index contributed by atoms with van der Waals surface area (Å²) in [5, 5.41) is 14.5. The fourth-order valence-electron chi connectivity index (χ4n) is 1.72. The summed E-state index contributed by atoms with van der Waals surface area (Å²) in [5.41, 5.74) is 1.59. The van der Waals surface area contributed by atoms with Crippen molar-refractivity contribution in [3.8, 4) is 6.07 Å². The third-order valence-electron chi connectivity index (χ3n) is 2.68. The Balaban J connectivity index is 1.87. The molecular weight excluding hydrogens is 270 g/mol. The smallest absolute Gasteiger partial charge is 0.250 e. The molecule has 0 spiro atoms. The first-order valence-corrected chi connectivity index (χ1v) is 6.33. The topological polar surface area (TPSA) is 87.3 Å². The Kier molecular flexibility index (Phi) is 4.96. The molecule has 0 unspecified atom stereocenters. The van der Waals surface area contributed by atoms with Gasteiger partial charge < -0.3 is 19.8 Å². The predicted molar refractivity (Wildman–Crippen MR) is 77.7 cm³/mol. The van der Waals surface area contributed by atoms with E-state index in [1.165, 1.54) is 7.11 Å². The van der Waals surface area contributed by atoms with Gasteiger partial charge in [0, 0.05) is 18.5 Å². The molecule has 6 nitrogen and oxygen atoms in total. The number of carbonyl (C=O) groups is 1. The monoisotopic (exact) mass is 285 g/mol. The molecule has 0 bridgehead atoms. The number of ether oxygens (including phenoxy) is 1. The quantitative estimate of drug-likeness (QED) is 0.850. The van der Waals surface area contributed by atoms with Crippen LogP contribution in [0.3, 0.4) is 0 Å². The number of benzene rings is 1. The summed E-state index contributed by atoms with van der Waals surface area (Å²) < 4.78 is 10.0. The molecule has 1 aromatic carbocycles. The fraction of sp³-hybridized carbons (Fsp3) is 0.200. The van der Waals surface area contributed by atoms with Crippen LogP contribution in [0.1, 0.15) is 11.5 Å². The molecule has 0 aliphatic rings. The number of hydrogen-bond donors (Lipinski definition) is 2. The summed E-state index contributed by atoms with van der Waals surface area (Å²) >= 11 is 0. The Morgan fingerprint density at radius 1 is 1.24 bits per heavy atom. The Labute approximate surface area is 122 Å². The van der Waals surface area contributed by atoms with Gasteiger partial charge in [0.1, 0.15) is 18.4 Å². The Hall–Kier alpha value is -2.78. The van der Waals surface area contributed by atoms with Crippen LogP contribution in [0.25, 0.3) is 0 Å². The van der Waals surface area contributed by atoms with Crippen molar-refractivity contribution >= 4 is 17.3 Å². The van der Waals surface area contributed by atoms with E-state index in [9.17, 15) is 4.79 Å². The van der Waals surface area contributed by atoms with Crippen LogP contribution in [0, 0.1) is 11.3 Å². The molecule has 0 saturated carbocycles. The van der Waals surface area contributed by atoms with Crippen LogP contribution in [-0.2, 0) is 16.1 Å². The molecule has 0 atom stereocenters. The molecule has 1 heterocycles. The second-order valence-corrected chi connectivity index (χ2v) is 4.29. The number of furan rings is 1. The number of anilines is 2. The maximum absolute atomic E-state index is 11.3. The standard InChI is InChI=1S/C15H15N3O3/c1-20-10-15(19)18-12-4-2-11(3-5-12)17-9-14-7-6-13(8-16)21-14/h2-7,17H,9-10H2,1H3,(H,18,19). The van der Waals surface area contributed by atoms with E-state index in [4.69, 9.17) is 14.4 Å². The number of hydrogen-bond acceptors (Lipinski definition) is 5. The van der Waals surface area contributed by atoms with Gasteiger partial charge in [-0.2, -0.15) is 5.26 Å². The largest absolute Gasteiger partial charge is 0.449 e. The number of nitriles is 1. The molecule has 21 heavy (non-hydrogen) atoms. The predicted octanol–water partition coefficient (Wildman–Crippen LogP) is 2.35. The van der Waals surface area contributed by atoms with Gasteiger partial charge in [-0.15, -0.1) is 0 Å². The number of amides is 1. The van der Waals surface area contributed by atoms with Crippen molar-refractivity contribution in [2.75, 3.05) is 24.4 Å². The Morgan fingerprint density at radius 3 is 2.57 bits per heavy atom. The molecule has 108 valence electrons. The van der Waals surface area contributed by atoms with Gasteiger partial charge in [-0.05, 0) is 36.4 Å². The lowest BCUT2D eigenvalue weighted by atomic mass is 10.2. The zero-order valence-electron chi connectivity index (χ0n) is 11.6. The van der Waals surface area contributed by atoms with E-state index >= 15 is 0 Å². The molecule has 1 amide bonds. The molecule has 0 aliphatic carbocycles. The lowest BCUT2D eigenvalue weighted by Crippen LogP contribution is -2.16. The minimum absolute atomic E-state index is 0.0275. The van der Waals surface area contributed by atoms with E-state index in [0.717, 1.165) is 5.69 Å². The normalized spacial score (nSPS) is 9.90. The van der Waals surface area contributed by atoms with Crippen LogP contribution < -0.4 is 10.6 Å². The Morgan fingerprint density at radius 2 is 1.95 bits per heavy atom. The molecule has 1 aromatic heterocycles. The highest BCUT2D eigenvalue weighted by Gasteiger charge is 2.03. The summed E-state index contributed by atoms with van der Waals surface area (Å²) in [6.45, 7) is 0.511. The van der Waals surface area contributed by atoms with Crippen molar-refractivity contribution < 1.29 is 13.9 Å². The van der Waals surface area contributed by atoms with Crippen molar-refractivity contribution in [1.29, 1.82) is 5.26 Å². The number of rotatable bonds is 6. The second kappa shape index (κ2) is 7.12. The van der Waals surface area contributed by atoms with Gasteiger partial charge in [0.05, 0.1) is 6.54 Å². The van der Waals surface area contributed by atoms with Gasteiger partial charge in [-0.1, -0.05) is 0 Å². The summed E-state index contributed by atoms with van der Waals surface area (Å²) in [6.07, 6.45) is 0. The number of nitrogens with one attached hydrogen (secondary N) is 2. The first-order valence-electron chi connectivity index (χ1n) is 6.33. The Bertz CT molecular complexity index is 641.